The highest BCUT2D eigenvalue weighted by Gasteiger charge is 2.32. The average Bonchev–Trinajstić information content (AvgIpc) is 2.86. The number of carbonyl (C=O) groups is 2. The number of hydrogen-bond acceptors (Lipinski definition) is 5. The topological polar surface area (TPSA) is 97.7 Å². The van der Waals surface area contributed by atoms with Crippen molar-refractivity contribution in [1.29, 1.82) is 0 Å². The third-order valence-corrected chi connectivity index (χ3v) is 7.78. The predicted octanol–water partition coefficient (Wildman–Crippen LogP) is 4.78. The van der Waals surface area contributed by atoms with Crippen LogP contribution in [0.2, 0.25) is 0 Å². The summed E-state index contributed by atoms with van der Waals surface area (Å²) in [5.74, 6) is -2.99. The van der Waals surface area contributed by atoms with Crippen LogP contribution in [0.4, 0.5) is 17.6 Å². The number of hydrogen-bond donors (Lipinski definition) is 1. The number of halogens is 4. The van der Waals surface area contributed by atoms with Crippen LogP contribution in [0.15, 0.2) is 72.8 Å². The summed E-state index contributed by atoms with van der Waals surface area (Å²) in [5, 5.41) is 7.86. The minimum atomic E-state index is -4.46. The minimum Gasteiger partial charge on any atom is -0.480 e. The fraction of sp³-hybridized carbons (Fsp3) is 0.259. The maximum Gasteiger partial charge on any atom is 0.416 e. The van der Waals surface area contributed by atoms with Crippen molar-refractivity contribution in [3.63, 3.8) is 0 Å². The zero-order valence-corrected chi connectivity index (χ0v) is 20.8. The second-order valence-electron chi connectivity index (χ2n) is 8.62. The molecule has 0 fully saturated rings. The van der Waals surface area contributed by atoms with Gasteiger partial charge in [-0.15, -0.1) is 0 Å². The number of ether oxygens (including phenoxy) is 1. The van der Waals surface area contributed by atoms with Gasteiger partial charge in [0.2, 0.25) is 0 Å². The molecule has 0 aliphatic rings. The van der Waals surface area contributed by atoms with Gasteiger partial charge in [0.1, 0.15) is 12.4 Å². The van der Waals surface area contributed by atoms with Crippen molar-refractivity contribution in [3.05, 3.63) is 106 Å². The van der Waals surface area contributed by atoms with Crippen LogP contribution in [0.5, 0.6) is 0 Å². The number of alkyl halides is 3. The zero-order chi connectivity index (χ0) is 27.9. The van der Waals surface area contributed by atoms with Crippen molar-refractivity contribution in [2.45, 2.75) is 37.3 Å². The average molecular weight is 553 g/mol. The molecule has 6 nitrogen and oxygen atoms in total. The molecule has 0 saturated heterocycles. The largest absolute Gasteiger partial charge is 0.480 e. The monoisotopic (exact) mass is 552 g/mol. The molecule has 0 amide bonds. The molecule has 0 radical (unpaired) electrons. The Kier molecular flexibility index (Phi) is 9.26. The van der Waals surface area contributed by atoms with Crippen LogP contribution in [-0.4, -0.2) is 36.5 Å². The van der Waals surface area contributed by atoms with E-state index in [4.69, 9.17) is 4.74 Å². The first kappa shape index (κ1) is 28.8. The number of carboxylic acid groups (broad SMARTS) is 1. The molecule has 0 aliphatic heterocycles. The van der Waals surface area contributed by atoms with Crippen LogP contribution >= 0.6 is 0 Å². The molecule has 0 aliphatic carbocycles. The highest BCUT2D eigenvalue weighted by molar-refractivity contribution is 7.92. The highest BCUT2D eigenvalue weighted by atomic mass is 32.2. The van der Waals surface area contributed by atoms with Crippen molar-refractivity contribution in [2.75, 3.05) is 5.75 Å². The van der Waals surface area contributed by atoms with Crippen LogP contribution in [0.1, 0.15) is 27.8 Å². The number of aliphatic carboxylic acids is 1. The SMILES string of the molecule is O=C(Cc1ccc(CC(C(=O)O)S(=O)(=O)CCc2ccc(F)cc2)cc1)OCc1ccc(C(F)(F)F)cc1. The fourth-order valence-electron chi connectivity index (χ4n) is 3.60. The van der Waals surface area contributed by atoms with Crippen molar-refractivity contribution >= 4 is 21.8 Å². The molecule has 38 heavy (non-hydrogen) atoms. The Morgan fingerprint density at radius 2 is 1.34 bits per heavy atom. The van der Waals surface area contributed by atoms with Gasteiger partial charge in [0.15, 0.2) is 15.1 Å². The molecule has 11 heteroatoms. The van der Waals surface area contributed by atoms with E-state index in [0.717, 1.165) is 12.1 Å². The number of aryl methyl sites for hydroxylation is 1. The van der Waals surface area contributed by atoms with Gasteiger partial charge < -0.3 is 9.84 Å². The molecule has 1 atom stereocenters. The standard InChI is InChI=1S/C27H24F4O6S/c28-23-11-7-18(8-12-23)13-14-38(35,36)24(26(33)34)15-19-1-3-20(4-2-19)16-25(32)37-17-21-5-9-22(10-6-21)27(29,30)31/h1-12,24H,13-17H2,(H,33,34). The van der Waals surface area contributed by atoms with Crippen LogP contribution in [0, 0.1) is 5.82 Å². The number of esters is 1. The zero-order valence-electron chi connectivity index (χ0n) is 19.9. The summed E-state index contributed by atoms with van der Waals surface area (Å²) in [6.07, 6.45) is -4.83. The maximum absolute atomic E-state index is 13.0. The number of carboxylic acids is 1. The predicted molar refractivity (Wildman–Crippen MR) is 130 cm³/mol. The molecule has 3 aromatic rings. The molecule has 0 spiro atoms. The van der Waals surface area contributed by atoms with Crippen LogP contribution in [-0.2, 0) is 56.2 Å². The number of rotatable bonds is 11. The summed E-state index contributed by atoms with van der Waals surface area (Å²) in [5.41, 5.74) is 1.11. The van der Waals surface area contributed by atoms with Gasteiger partial charge in [-0.2, -0.15) is 13.2 Å². The van der Waals surface area contributed by atoms with Gasteiger partial charge in [0.25, 0.3) is 0 Å². The first-order valence-corrected chi connectivity index (χ1v) is 13.1. The number of benzene rings is 3. The molecular formula is C27H24F4O6S. The van der Waals surface area contributed by atoms with E-state index in [1.54, 1.807) is 12.1 Å². The van der Waals surface area contributed by atoms with Crippen molar-refractivity contribution in [3.8, 4) is 0 Å². The molecule has 0 bridgehead atoms. The van der Waals surface area contributed by atoms with Gasteiger partial charge in [-0.25, -0.2) is 12.8 Å². The first-order valence-electron chi connectivity index (χ1n) is 11.4. The molecule has 0 saturated carbocycles. The highest BCUT2D eigenvalue weighted by Crippen LogP contribution is 2.29. The quantitative estimate of drug-likeness (QED) is 0.272. The Labute approximate surface area is 216 Å². The third kappa shape index (κ3) is 8.41. The molecule has 0 aromatic heterocycles. The van der Waals surface area contributed by atoms with Crippen molar-refractivity contribution in [2.24, 2.45) is 0 Å². The summed E-state index contributed by atoms with van der Waals surface area (Å²) in [6.45, 7) is -0.203. The van der Waals surface area contributed by atoms with Crippen LogP contribution in [0.3, 0.4) is 0 Å². The van der Waals surface area contributed by atoms with Crippen molar-refractivity contribution < 1.29 is 45.4 Å². The van der Waals surface area contributed by atoms with E-state index in [9.17, 15) is 40.7 Å². The lowest BCUT2D eigenvalue weighted by atomic mass is 10.1. The summed E-state index contributed by atoms with van der Waals surface area (Å²) in [7, 11) is -4.03. The van der Waals surface area contributed by atoms with E-state index in [1.807, 2.05) is 0 Å². The molecule has 202 valence electrons. The van der Waals surface area contributed by atoms with E-state index in [0.29, 0.717) is 22.3 Å². The van der Waals surface area contributed by atoms with E-state index in [2.05, 4.69) is 0 Å². The van der Waals surface area contributed by atoms with Crippen molar-refractivity contribution in [1.82, 2.24) is 0 Å². The maximum atomic E-state index is 13.0. The lowest BCUT2D eigenvalue weighted by molar-refractivity contribution is -0.144. The summed E-state index contributed by atoms with van der Waals surface area (Å²) >= 11 is 0. The Hall–Kier alpha value is -3.73. The lowest BCUT2D eigenvalue weighted by Gasteiger charge is -2.14. The molecule has 1 unspecified atom stereocenters. The second-order valence-corrected chi connectivity index (χ2v) is 10.9. The van der Waals surface area contributed by atoms with Gasteiger partial charge in [-0.1, -0.05) is 48.5 Å². The van der Waals surface area contributed by atoms with E-state index >= 15 is 0 Å². The van der Waals surface area contributed by atoms with Gasteiger partial charge in [-0.05, 0) is 59.4 Å². The van der Waals surface area contributed by atoms with E-state index in [1.165, 1.54) is 48.5 Å². The Morgan fingerprint density at radius 1 is 0.816 bits per heavy atom. The molecule has 0 heterocycles. The summed E-state index contributed by atoms with van der Waals surface area (Å²) < 4.78 is 81.4. The van der Waals surface area contributed by atoms with Gasteiger partial charge in [0, 0.05) is 0 Å². The normalized spacial score (nSPS) is 12.6. The summed E-state index contributed by atoms with van der Waals surface area (Å²) in [4.78, 5) is 23.9. The molecule has 3 rings (SSSR count). The Morgan fingerprint density at radius 3 is 1.89 bits per heavy atom. The van der Waals surface area contributed by atoms with Crippen LogP contribution < -0.4 is 0 Å². The Balaban J connectivity index is 1.54. The molecule has 3 aromatic carbocycles. The minimum absolute atomic E-state index is 0.0416. The van der Waals surface area contributed by atoms with E-state index in [-0.39, 0.29) is 25.9 Å². The molecule has 1 N–H and O–H groups in total. The van der Waals surface area contributed by atoms with Gasteiger partial charge >= 0.3 is 18.1 Å². The van der Waals surface area contributed by atoms with Gasteiger partial charge in [0.05, 0.1) is 17.7 Å². The number of sulfone groups is 1. The smallest absolute Gasteiger partial charge is 0.416 e. The van der Waals surface area contributed by atoms with E-state index < -0.39 is 50.3 Å². The number of carbonyl (C=O) groups excluding carboxylic acids is 1. The second kappa shape index (κ2) is 12.2. The summed E-state index contributed by atoms with van der Waals surface area (Å²) in [6, 6.07) is 15.6. The third-order valence-electron chi connectivity index (χ3n) is 5.77. The van der Waals surface area contributed by atoms with Gasteiger partial charge in [-0.3, -0.25) is 9.59 Å². The molecular weight excluding hydrogens is 528 g/mol. The van der Waals surface area contributed by atoms with Crippen LogP contribution in [0.25, 0.3) is 0 Å². The lowest BCUT2D eigenvalue weighted by Crippen LogP contribution is -2.34. The fourth-order valence-corrected chi connectivity index (χ4v) is 5.16. The first-order chi connectivity index (χ1) is 17.8. The Bertz CT molecular complexity index is 1350.